The third kappa shape index (κ3) is 3.35. The van der Waals surface area contributed by atoms with Crippen LogP contribution in [0.25, 0.3) is 0 Å². The van der Waals surface area contributed by atoms with Crippen molar-refractivity contribution in [3.05, 3.63) is 47.3 Å². The lowest BCUT2D eigenvalue weighted by atomic mass is 10.1. The number of hydrogen-bond donors (Lipinski definition) is 1. The first-order valence-corrected chi connectivity index (χ1v) is 6.51. The Morgan fingerprint density at radius 2 is 2.05 bits per heavy atom. The number of benzene rings is 1. The van der Waals surface area contributed by atoms with E-state index in [2.05, 4.69) is 27.4 Å². The monoisotopic (exact) mass is 277 g/mol. The number of nitrogens with one attached hydrogen (secondary N) is 1. The first kappa shape index (κ1) is 13.6. The van der Waals surface area contributed by atoms with Crippen LogP contribution in [-0.2, 0) is 12.4 Å². The molecule has 0 unspecified atom stereocenters. The second-order valence-electron chi connectivity index (χ2n) is 4.16. The Morgan fingerprint density at radius 1 is 1.26 bits per heavy atom. The van der Waals surface area contributed by atoms with Gasteiger partial charge in [0.2, 0.25) is 5.88 Å². The summed E-state index contributed by atoms with van der Waals surface area (Å²) in [4.78, 5) is 8.27. The zero-order chi connectivity index (χ0) is 13.7. The Balaban J connectivity index is 2.10. The molecule has 0 fully saturated rings. The van der Waals surface area contributed by atoms with Crippen LogP contribution in [0, 0.1) is 6.92 Å². The van der Waals surface area contributed by atoms with E-state index in [1.54, 1.807) is 7.11 Å². The molecule has 0 aliphatic carbocycles. The topological polar surface area (TPSA) is 47.0 Å². The molecule has 1 heterocycles. The summed E-state index contributed by atoms with van der Waals surface area (Å²) in [5.41, 5.74) is 3.17. The zero-order valence-electron chi connectivity index (χ0n) is 11.0. The first-order chi connectivity index (χ1) is 9.24. The van der Waals surface area contributed by atoms with Crippen molar-refractivity contribution in [3.63, 3.8) is 0 Å². The Bertz CT molecular complexity index is 560. The van der Waals surface area contributed by atoms with Crippen LogP contribution in [0.4, 0.5) is 5.82 Å². The van der Waals surface area contributed by atoms with E-state index < -0.39 is 0 Å². The lowest BCUT2D eigenvalue weighted by Crippen LogP contribution is -2.05. The van der Waals surface area contributed by atoms with Crippen molar-refractivity contribution in [1.29, 1.82) is 0 Å². The van der Waals surface area contributed by atoms with E-state index in [0.717, 1.165) is 22.5 Å². The standard InChI is InChI=1S/C14H16ClN3O/c1-10-13(17-9-18-14(10)19-2)16-8-12-5-3-4-11(6-12)7-15/h3-6,9H,7-8H2,1-2H3,(H,16,17,18). The maximum atomic E-state index is 5.82. The number of rotatable bonds is 5. The van der Waals surface area contributed by atoms with Crippen LogP contribution in [0.15, 0.2) is 30.6 Å². The van der Waals surface area contributed by atoms with Gasteiger partial charge in [0.1, 0.15) is 12.1 Å². The van der Waals surface area contributed by atoms with Crippen LogP contribution in [0.3, 0.4) is 0 Å². The fraction of sp³-hybridized carbons (Fsp3) is 0.286. The number of halogens is 1. The molecule has 1 aromatic carbocycles. The molecule has 0 saturated heterocycles. The molecule has 0 aliphatic heterocycles. The van der Waals surface area contributed by atoms with Crippen molar-refractivity contribution in [3.8, 4) is 5.88 Å². The lowest BCUT2D eigenvalue weighted by Gasteiger charge is -2.10. The van der Waals surface area contributed by atoms with E-state index in [4.69, 9.17) is 16.3 Å². The SMILES string of the molecule is COc1ncnc(NCc2cccc(CCl)c2)c1C. The Morgan fingerprint density at radius 3 is 2.79 bits per heavy atom. The number of methoxy groups -OCH3 is 1. The summed E-state index contributed by atoms with van der Waals surface area (Å²) in [6, 6.07) is 8.14. The number of ether oxygens (including phenoxy) is 1. The summed E-state index contributed by atoms with van der Waals surface area (Å²) in [6.07, 6.45) is 1.49. The minimum absolute atomic E-state index is 0.522. The van der Waals surface area contributed by atoms with Crippen LogP contribution in [0.1, 0.15) is 16.7 Å². The molecule has 2 rings (SSSR count). The second kappa shape index (κ2) is 6.38. The highest BCUT2D eigenvalue weighted by molar-refractivity contribution is 6.17. The predicted molar refractivity (Wildman–Crippen MR) is 76.6 cm³/mol. The summed E-state index contributed by atoms with van der Waals surface area (Å²) in [5, 5.41) is 3.28. The number of aromatic nitrogens is 2. The van der Waals surface area contributed by atoms with E-state index in [-0.39, 0.29) is 0 Å². The van der Waals surface area contributed by atoms with Crippen LogP contribution in [-0.4, -0.2) is 17.1 Å². The molecular formula is C14H16ClN3O. The van der Waals surface area contributed by atoms with Crippen molar-refractivity contribution in [2.45, 2.75) is 19.3 Å². The van der Waals surface area contributed by atoms with Gasteiger partial charge in [0.15, 0.2) is 0 Å². The maximum Gasteiger partial charge on any atom is 0.221 e. The molecule has 0 aliphatic rings. The van der Waals surface area contributed by atoms with E-state index in [1.165, 1.54) is 6.33 Å². The fourth-order valence-electron chi connectivity index (χ4n) is 1.83. The van der Waals surface area contributed by atoms with Gasteiger partial charge in [-0.2, -0.15) is 0 Å². The van der Waals surface area contributed by atoms with E-state index in [1.807, 2.05) is 19.1 Å². The Kier molecular flexibility index (Phi) is 4.58. The second-order valence-corrected chi connectivity index (χ2v) is 4.43. The van der Waals surface area contributed by atoms with Gasteiger partial charge >= 0.3 is 0 Å². The Labute approximate surface area is 117 Å². The number of anilines is 1. The van der Waals surface area contributed by atoms with E-state index >= 15 is 0 Å². The highest BCUT2D eigenvalue weighted by Crippen LogP contribution is 2.20. The van der Waals surface area contributed by atoms with Gasteiger partial charge in [0.25, 0.3) is 0 Å². The summed E-state index contributed by atoms with van der Waals surface area (Å²) in [5.74, 6) is 1.89. The number of alkyl halides is 1. The van der Waals surface area contributed by atoms with Gasteiger partial charge in [0, 0.05) is 12.4 Å². The normalized spacial score (nSPS) is 10.3. The number of nitrogens with zero attached hydrogens (tertiary/aromatic N) is 2. The predicted octanol–water partition coefficient (Wildman–Crippen LogP) is 3.14. The van der Waals surface area contributed by atoms with Gasteiger partial charge in [-0.05, 0) is 18.1 Å². The van der Waals surface area contributed by atoms with Gasteiger partial charge in [-0.15, -0.1) is 11.6 Å². The molecule has 19 heavy (non-hydrogen) atoms. The molecule has 5 heteroatoms. The van der Waals surface area contributed by atoms with Gasteiger partial charge in [-0.1, -0.05) is 24.3 Å². The molecule has 1 N–H and O–H groups in total. The summed E-state index contributed by atoms with van der Waals surface area (Å²) in [7, 11) is 1.60. The van der Waals surface area contributed by atoms with Crippen LogP contribution in [0.2, 0.25) is 0 Å². The fourth-order valence-corrected chi connectivity index (χ4v) is 1.99. The Hall–Kier alpha value is -1.81. The highest BCUT2D eigenvalue weighted by atomic mass is 35.5. The van der Waals surface area contributed by atoms with Crippen LogP contribution < -0.4 is 10.1 Å². The molecule has 0 amide bonds. The summed E-state index contributed by atoms with van der Waals surface area (Å²) >= 11 is 5.82. The molecule has 0 radical (unpaired) electrons. The minimum Gasteiger partial charge on any atom is -0.481 e. The van der Waals surface area contributed by atoms with Crippen molar-refractivity contribution in [2.75, 3.05) is 12.4 Å². The average molecular weight is 278 g/mol. The van der Waals surface area contributed by atoms with Crippen LogP contribution >= 0.6 is 11.6 Å². The smallest absolute Gasteiger partial charge is 0.221 e. The first-order valence-electron chi connectivity index (χ1n) is 5.98. The third-order valence-corrected chi connectivity index (χ3v) is 3.15. The van der Waals surface area contributed by atoms with Gasteiger partial charge < -0.3 is 10.1 Å². The van der Waals surface area contributed by atoms with Gasteiger partial charge in [-0.25, -0.2) is 9.97 Å². The summed E-state index contributed by atoms with van der Waals surface area (Å²) in [6.45, 7) is 2.61. The van der Waals surface area contributed by atoms with Crippen LogP contribution in [0.5, 0.6) is 5.88 Å². The van der Waals surface area contributed by atoms with E-state index in [9.17, 15) is 0 Å². The molecule has 4 nitrogen and oxygen atoms in total. The van der Waals surface area contributed by atoms with Crippen molar-refractivity contribution < 1.29 is 4.74 Å². The van der Waals surface area contributed by atoms with Crippen molar-refractivity contribution in [1.82, 2.24) is 9.97 Å². The maximum absolute atomic E-state index is 5.82. The molecule has 0 atom stereocenters. The van der Waals surface area contributed by atoms with Gasteiger partial charge in [0.05, 0.1) is 12.7 Å². The van der Waals surface area contributed by atoms with E-state index in [0.29, 0.717) is 18.3 Å². The molecule has 100 valence electrons. The van der Waals surface area contributed by atoms with Gasteiger partial charge in [-0.3, -0.25) is 0 Å². The van der Waals surface area contributed by atoms with Crippen molar-refractivity contribution in [2.24, 2.45) is 0 Å². The minimum atomic E-state index is 0.522. The van der Waals surface area contributed by atoms with Crippen molar-refractivity contribution >= 4 is 17.4 Å². The highest BCUT2D eigenvalue weighted by Gasteiger charge is 2.06. The molecule has 0 saturated carbocycles. The lowest BCUT2D eigenvalue weighted by molar-refractivity contribution is 0.393. The largest absolute Gasteiger partial charge is 0.481 e. The molecule has 0 spiro atoms. The molecule has 1 aromatic heterocycles. The third-order valence-electron chi connectivity index (χ3n) is 2.84. The molecular weight excluding hydrogens is 262 g/mol. The zero-order valence-corrected chi connectivity index (χ0v) is 11.7. The number of hydrogen-bond acceptors (Lipinski definition) is 4. The molecule has 0 bridgehead atoms. The average Bonchev–Trinajstić information content (AvgIpc) is 2.46. The summed E-state index contributed by atoms with van der Waals surface area (Å²) < 4.78 is 5.17. The quantitative estimate of drug-likeness (QED) is 0.853. The molecule has 2 aromatic rings.